The summed E-state index contributed by atoms with van der Waals surface area (Å²) >= 11 is 0. The minimum atomic E-state index is -1.03. The predicted octanol–water partition coefficient (Wildman–Crippen LogP) is 0.530. The van der Waals surface area contributed by atoms with E-state index in [9.17, 15) is 9.59 Å². The van der Waals surface area contributed by atoms with Crippen molar-refractivity contribution in [1.29, 1.82) is 0 Å². The Hall–Kier alpha value is -2.28. The van der Waals surface area contributed by atoms with Gasteiger partial charge in [0.05, 0.1) is 5.56 Å². The van der Waals surface area contributed by atoms with E-state index < -0.39 is 11.9 Å². The van der Waals surface area contributed by atoms with Crippen molar-refractivity contribution in [2.75, 3.05) is 0 Å². The van der Waals surface area contributed by atoms with Crippen LogP contribution in [0.25, 0.3) is 0 Å². The number of carboxylic acid groups (broad SMARTS) is 1. The Balaban J connectivity index is 3.18. The fraction of sp³-hybridized carbons (Fsp3) is 0.0909. The molecule has 0 aliphatic carbocycles. The van der Waals surface area contributed by atoms with Gasteiger partial charge in [-0.2, -0.15) is 0 Å². The van der Waals surface area contributed by atoms with Crippen LogP contribution < -0.4 is 5.73 Å². The maximum Gasteiger partial charge on any atom is 0.335 e. The Bertz CT molecular complexity index is 480. The van der Waals surface area contributed by atoms with E-state index >= 15 is 0 Å². The lowest BCUT2D eigenvalue weighted by atomic mass is 10.1. The molecule has 1 aromatic rings. The average Bonchev–Trinajstić information content (AvgIpc) is 2.16. The van der Waals surface area contributed by atoms with Crippen LogP contribution in [0.3, 0.4) is 0 Å². The van der Waals surface area contributed by atoms with Gasteiger partial charge in [0, 0.05) is 5.56 Å². The maximum absolute atomic E-state index is 10.7. The van der Waals surface area contributed by atoms with Gasteiger partial charge in [-0.3, -0.25) is 4.79 Å². The maximum atomic E-state index is 10.7. The van der Waals surface area contributed by atoms with Gasteiger partial charge in [0.15, 0.2) is 0 Å². The van der Waals surface area contributed by atoms with Crippen molar-refractivity contribution in [1.82, 2.24) is 0 Å². The summed E-state index contributed by atoms with van der Waals surface area (Å²) in [6.07, 6.45) is 0. The number of hydrogen-bond donors (Lipinski definition) is 2. The molecule has 76 valence electrons. The summed E-state index contributed by atoms with van der Waals surface area (Å²) in [5, 5.41) is 8.74. The Morgan fingerprint density at radius 2 is 2.07 bits per heavy atom. The molecule has 3 N–H and O–H groups in total. The van der Waals surface area contributed by atoms with Crippen molar-refractivity contribution in [3.63, 3.8) is 0 Å². The van der Waals surface area contributed by atoms with E-state index in [1.165, 1.54) is 12.1 Å². The van der Waals surface area contributed by atoms with Gasteiger partial charge in [0.25, 0.3) is 5.91 Å². The van der Waals surface area contributed by atoms with Crippen LogP contribution in [0.4, 0.5) is 0 Å². The number of benzene rings is 1. The van der Waals surface area contributed by atoms with Crippen LogP contribution in [0.15, 0.2) is 18.2 Å². The highest BCUT2D eigenvalue weighted by Gasteiger charge is 2.04. The van der Waals surface area contributed by atoms with E-state index in [1.54, 1.807) is 13.0 Å². The van der Waals surface area contributed by atoms with Crippen molar-refractivity contribution >= 4 is 11.9 Å². The molecule has 0 atom stereocenters. The standard InChI is InChI=1S/C11H9NO3/c1-7-2-3-9(11(14)15)6-8(7)4-5-10(12)13/h2-3,6H,1H3,(H2,12,13)(H,14,15). The van der Waals surface area contributed by atoms with Gasteiger partial charge in [0.2, 0.25) is 0 Å². The molecule has 4 nitrogen and oxygen atoms in total. The van der Waals surface area contributed by atoms with Crippen LogP contribution in [-0.2, 0) is 4.79 Å². The molecule has 0 aliphatic rings. The minimum absolute atomic E-state index is 0.134. The van der Waals surface area contributed by atoms with Crippen LogP contribution in [0.1, 0.15) is 21.5 Å². The summed E-state index contributed by atoms with van der Waals surface area (Å²) in [5.74, 6) is 2.91. The lowest BCUT2D eigenvalue weighted by molar-refractivity contribution is -0.112. The highest BCUT2D eigenvalue weighted by atomic mass is 16.4. The molecule has 0 aliphatic heterocycles. The molecule has 0 saturated heterocycles. The van der Waals surface area contributed by atoms with Crippen molar-refractivity contribution in [2.24, 2.45) is 5.73 Å². The molecule has 0 aromatic heterocycles. The molecule has 0 bridgehead atoms. The van der Waals surface area contributed by atoms with Crippen LogP contribution in [-0.4, -0.2) is 17.0 Å². The van der Waals surface area contributed by atoms with Crippen molar-refractivity contribution in [3.05, 3.63) is 34.9 Å². The third-order valence-electron chi connectivity index (χ3n) is 1.80. The fourth-order valence-electron chi connectivity index (χ4n) is 1.02. The first-order valence-corrected chi connectivity index (χ1v) is 4.16. The second-order valence-corrected chi connectivity index (χ2v) is 2.95. The molecule has 0 unspecified atom stereocenters. The summed E-state index contributed by atoms with van der Waals surface area (Å²) < 4.78 is 0. The minimum Gasteiger partial charge on any atom is -0.478 e. The number of carboxylic acids is 1. The summed E-state index contributed by atoms with van der Waals surface area (Å²) in [6.45, 7) is 1.77. The van der Waals surface area contributed by atoms with Crippen molar-refractivity contribution in [2.45, 2.75) is 6.92 Å². The predicted molar refractivity (Wildman–Crippen MR) is 54.2 cm³/mol. The van der Waals surface area contributed by atoms with Gasteiger partial charge < -0.3 is 10.8 Å². The van der Waals surface area contributed by atoms with E-state index in [2.05, 4.69) is 11.8 Å². The second-order valence-electron chi connectivity index (χ2n) is 2.95. The Kier molecular flexibility index (Phi) is 3.09. The highest BCUT2D eigenvalue weighted by Crippen LogP contribution is 2.09. The van der Waals surface area contributed by atoms with E-state index in [1.807, 2.05) is 0 Å². The van der Waals surface area contributed by atoms with Gasteiger partial charge in [0.1, 0.15) is 0 Å². The van der Waals surface area contributed by atoms with E-state index in [0.29, 0.717) is 5.56 Å². The molecule has 1 aromatic carbocycles. The smallest absolute Gasteiger partial charge is 0.335 e. The topological polar surface area (TPSA) is 80.4 Å². The number of hydrogen-bond acceptors (Lipinski definition) is 2. The van der Waals surface area contributed by atoms with E-state index in [0.717, 1.165) is 5.56 Å². The molecular formula is C11H9NO3. The monoisotopic (exact) mass is 203 g/mol. The molecule has 4 heteroatoms. The van der Waals surface area contributed by atoms with E-state index in [-0.39, 0.29) is 5.56 Å². The van der Waals surface area contributed by atoms with Gasteiger partial charge in [-0.1, -0.05) is 12.0 Å². The molecule has 1 amide bonds. The van der Waals surface area contributed by atoms with Crippen LogP contribution in [0.5, 0.6) is 0 Å². The van der Waals surface area contributed by atoms with Crippen molar-refractivity contribution in [3.8, 4) is 11.8 Å². The van der Waals surface area contributed by atoms with Crippen LogP contribution in [0.2, 0.25) is 0 Å². The molecule has 0 fully saturated rings. The van der Waals surface area contributed by atoms with Crippen LogP contribution >= 0.6 is 0 Å². The third-order valence-corrected chi connectivity index (χ3v) is 1.80. The summed E-state index contributed by atoms with van der Waals surface area (Å²) in [7, 11) is 0. The lowest BCUT2D eigenvalue weighted by Gasteiger charge is -1.99. The first-order chi connectivity index (χ1) is 7.00. The van der Waals surface area contributed by atoms with Gasteiger partial charge in [-0.05, 0) is 30.5 Å². The molecule has 0 radical (unpaired) electrons. The van der Waals surface area contributed by atoms with Crippen molar-refractivity contribution < 1.29 is 14.7 Å². The van der Waals surface area contributed by atoms with Gasteiger partial charge in [-0.15, -0.1) is 0 Å². The van der Waals surface area contributed by atoms with E-state index in [4.69, 9.17) is 10.8 Å². The highest BCUT2D eigenvalue weighted by molar-refractivity contribution is 5.93. The van der Waals surface area contributed by atoms with Crippen LogP contribution in [0, 0.1) is 18.8 Å². The molecular weight excluding hydrogens is 194 g/mol. The molecule has 0 spiro atoms. The second kappa shape index (κ2) is 4.29. The zero-order chi connectivity index (χ0) is 11.4. The number of amides is 1. The number of nitrogens with two attached hydrogens (primary N) is 1. The lowest BCUT2D eigenvalue weighted by Crippen LogP contribution is -2.06. The number of primary amides is 1. The van der Waals surface area contributed by atoms with Gasteiger partial charge in [-0.25, -0.2) is 4.79 Å². The number of carbonyl (C=O) groups is 2. The zero-order valence-electron chi connectivity index (χ0n) is 8.07. The SMILES string of the molecule is Cc1ccc(C(=O)O)cc1C#CC(N)=O. The molecule has 1 rings (SSSR count). The average molecular weight is 203 g/mol. The first-order valence-electron chi connectivity index (χ1n) is 4.16. The quantitative estimate of drug-likeness (QED) is 0.653. The largest absolute Gasteiger partial charge is 0.478 e. The first kappa shape index (κ1) is 10.8. The zero-order valence-corrected chi connectivity index (χ0v) is 8.07. The Morgan fingerprint density at radius 1 is 1.40 bits per heavy atom. The molecule has 0 heterocycles. The number of aryl methyl sites for hydroxylation is 1. The third kappa shape index (κ3) is 2.85. The normalized spacial score (nSPS) is 8.87. The number of rotatable bonds is 1. The summed E-state index contributed by atoms with van der Waals surface area (Å²) in [6, 6.07) is 4.52. The Labute approximate surface area is 86.7 Å². The molecule has 15 heavy (non-hydrogen) atoms. The molecule has 0 saturated carbocycles. The summed E-state index contributed by atoms with van der Waals surface area (Å²) in [4.78, 5) is 21.1. The van der Waals surface area contributed by atoms with Gasteiger partial charge >= 0.3 is 5.97 Å². The Morgan fingerprint density at radius 3 is 2.60 bits per heavy atom. The number of aromatic carboxylic acids is 1. The number of carbonyl (C=O) groups excluding carboxylic acids is 1. The fourth-order valence-corrected chi connectivity index (χ4v) is 1.02. The summed E-state index contributed by atoms with van der Waals surface area (Å²) in [5.41, 5.74) is 6.29.